The van der Waals surface area contributed by atoms with Crippen LogP contribution in [0.15, 0.2) is 48.8 Å². The van der Waals surface area contributed by atoms with Gasteiger partial charge in [0.15, 0.2) is 0 Å². The molecule has 1 amide bonds. The first-order valence-electron chi connectivity index (χ1n) is 7.68. The van der Waals surface area contributed by atoms with E-state index in [1.165, 1.54) is 12.1 Å². The van der Waals surface area contributed by atoms with Gasteiger partial charge < -0.3 is 4.90 Å². The highest BCUT2D eigenvalue weighted by atomic mass is 19.1. The molecule has 0 unspecified atom stereocenters. The Hall–Kier alpha value is -2.23. The summed E-state index contributed by atoms with van der Waals surface area (Å²) in [5.41, 5.74) is 1.94. The van der Waals surface area contributed by atoms with Gasteiger partial charge in [0.2, 0.25) is 5.91 Å². The van der Waals surface area contributed by atoms with Crippen LogP contribution >= 0.6 is 0 Å². The van der Waals surface area contributed by atoms with Crippen molar-refractivity contribution in [3.63, 3.8) is 0 Å². The number of carbonyl (C=O) groups is 1. The van der Waals surface area contributed by atoms with Crippen molar-refractivity contribution in [1.29, 1.82) is 0 Å². The van der Waals surface area contributed by atoms with Gasteiger partial charge in [-0.1, -0.05) is 18.2 Å². The quantitative estimate of drug-likeness (QED) is 0.868. The van der Waals surface area contributed by atoms with Crippen molar-refractivity contribution >= 4 is 5.91 Å². The summed E-state index contributed by atoms with van der Waals surface area (Å²) in [7, 11) is 0. The number of hydrogen-bond donors (Lipinski definition) is 0. The lowest BCUT2D eigenvalue weighted by atomic mass is 9.94. The second-order valence-corrected chi connectivity index (χ2v) is 5.69. The molecule has 0 saturated carbocycles. The van der Waals surface area contributed by atoms with Crippen LogP contribution in [0, 0.1) is 5.82 Å². The number of nitrogens with zero attached hydrogens (tertiary/aromatic N) is 2. The molecule has 1 aromatic carbocycles. The Balaban J connectivity index is 1.77. The van der Waals surface area contributed by atoms with E-state index in [2.05, 4.69) is 4.98 Å². The SMILES string of the molecule is O=C(Cc1cccnc1)N1CCCC[C@H]1c1ccc(F)cc1. The minimum absolute atomic E-state index is 0.0542. The number of piperidine rings is 1. The molecule has 0 aliphatic carbocycles. The third-order valence-electron chi connectivity index (χ3n) is 4.16. The first-order chi connectivity index (χ1) is 10.7. The zero-order valence-electron chi connectivity index (χ0n) is 12.4. The molecule has 1 saturated heterocycles. The summed E-state index contributed by atoms with van der Waals surface area (Å²) in [5.74, 6) is -0.130. The normalized spacial score (nSPS) is 18.2. The molecule has 0 N–H and O–H groups in total. The Morgan fingerprint density at radius 3 is 2.77 bits per heavy atom. The van der Waals surface area contributed by atoms with Crippen molar-refractivity contribution in [1.82, 2.24) is 9.88 Å². The van der Waals surface area contributed by atoms with Crippen LogP contribution in [0.2, 0.25) is 0 Å². The summed E-state index contributed by atoms with van der Waals surface area (Å²) in [6, 6.07) is 10.3. The van der Waals surface area contributed by atoms with Crippen LogP contribution < -0.4 is 0 Å². The third-order valence-corrected chi connectivity index (χ3v) is 4.16. The third kappa shape index (κ3) is 3.32. The van der Waals surface area contributed by atoms with Crippen LogP contribution in [0.4, 0.5) is 4.39 Å². The molecule has 3 rings (SSSR count). The van der Waals surface area contributed by atoms with E-state index in [-0.39, 0.29) is 17.8 Å². The van der Waals surface area contributed by atoms with Crippen molar-refractivity contribution in [3.05, 3.63) is 65.7 Å². The van der Waals surface area contributed by atoms with Crippen LogP contribution in [-0.4, -0.2) is 22.3 Å². The van der Waals surface area contributed by atoms with Crippen LogP contribution in [-0.2, 0) is 11.2 Å². The van der Waals surface area contributed by atoms with E-state index in [9.17, 15) is 9.18 Å². The number of pyridine rings is 1. The number of likely N-dealkylation sites (tertiary alicyclic amines) is 1. The Labute approximate surface area is 129 Å². The molecular formula is C18H19FN2O. The molecule has 0 radical (unpaired) electrons. The minimum Gasteiger partial charge on any atom is -0.335 e. The van der Waals surface area contributed by atoms with E-state index in [4.69, 9.17) is 0 Å². The van der Waals surface area contributed by atoms with E-state index in [0.717, 1.165) is 36.9 Å². The predicted octanol–water partition coefficient (Wildman–Crippen LogP) is 3.52. The second-order valence-electron chi connectivity index (χ2n) is 5.69. The largest absolute Gasteiger partial charge is 0.335 e. The molecule has 2 aromatic rings. The lowest BCUT2D eigenvalue weighted by Gasteiger charge is -2.36. The average Bonchev–Trinajstić information content (AvgIpc) is 2.56. The topological polar surface area (TPSA) is 33.2 Å². The number of amides is 1. The van der Waals surface area contributed by atoms with E-state index in [1.807, 2.05) is 17.0 Å². The number of rotatable bonds is 3. The molecule has 1 aliphatic heterocycles. The zero-order valence-corrected chi connectivity index (χ0v) is 12.4. The lowest BCUT2D eigenvalue weighted by molar-refractivity contribution is -0.134. The van der Waals surface area contributed by atoms with E-state index in [0.29, 0.717) is 6.42 Å². The Morgan fingerprint density at radius 2 is 2.05 bits per heavy atom. The maximum atomic E-state index is 13.1. The van der Waals surface area contributed by atoms with Crippen molar-refractivity contribution in [2.75, 3.05) is 6.54 Å². The number of halogens is 1. The van der Waals surface area contributed by atoms with Gasteiger partial charge in [-0.15, -0.1) is 0 Å². The molecular weight excluding hydrogens is 279 g/mol. The van der Waals surface area contributed by atoms with Crippen molar-refractivity contribution in [2.24, 2.45) is 0 Å². The van der Waals surface area contributed by atoms with Crippen LogP contribution in [0.1, 0.15) is 36.4 Å². The van der Waals surface area contributed by atoms with Crippen LogP contribution in [0.25, 0.3) is 0 Å². The molecule has 0 bridgehead atoms. The summed E-state index contributed by atoms with van der Waals surface area (Å²) in [6.45, 7) is 0.765. The van der Waals surface area contributed by atoms with Gasteiger partial charge in [0.25, 0.3) is 0 Å². The summed E-state index contributed by atoms with van der Waals surface area (Å²) in [4.78, 5) is 18.6. The number of hydrogen-bond acceptors (Lipinski definition) is 2. The highest BCUT2D eigenvalue weighted by Gasteiger charge is 2.27. The van der Waals surface area contributed by atoms with Gasteiger partial charge in [-0.05, 0) is 48.6 Å². The Bertz CT molecular complexity index is 627. The van der Waals surface area contributed by atoms with Gasteiger partial charge in [-0.3, -0.25) is 9.78 Å². The van der Waals surface area contributed by atoms with E-state index in [1.54, 1.807) is 24.5 Å². The molecule has 1 atom stereocenters. The maximum Gasteiger partial charge on any atom is 0.227 e. The summed E-state index contributed by atoms with van der Waals surface area (Å²) >= 11 is 0. The maximum absolute atomic E-state index is 13.1. The van der Waals surface area contributed by atoms with Crippen LogP contribution in [0.3, 0.4) is 0 Å². The fourth-order valence-corrected chi connectivity index (χ4v) is 3.04. The van der Waals surface area contributed by atoms with Gasteiger partial charge in [0, 0.05) is 18.9 Å². The summed E-state index contributed by atoms with van der Waals surface area (Å²) in [6.07, 6.45) is 6.86. The monoisotopic (exact) mass is 298 g/mol. The zero-order chi connectivity index (χ0) is 15.4. The average molecular weight is 298 g/mol. The molecule has 114 valence electrons. The van der Waals surface area contributed by atoms with E-state index < -0.39 is 0 Å². The van der Waals surface area contributed by atoms with Gasteiger partial charge in [-0.2, -0.15) is 0 Å². The predicted molar refractivity (Wildman–Crippen MR) is 82.6 cm³/mol. The number of aromatic nitrogens is 1. The molecule has 1 aliphatic rings. The molecule has 2 heterocycles. The molecule has 1 aromatic heterocycles. The summed E-state index contributed by atoms with van der Waals surface area (Å²) < 4.78 is 13.1. The van der Waals surface area contributed by atoms with Crippen molar-refractivity contribution in [2.45, 2.75) is 31.7 Å². The molecule has 4 heteroatoms. The van der Waals surface area contributed by atoms with Crippen LogP contribution in [0.5, 0.6) is 0 Å². The molecule has 1 fully saturated rings. The first-order valence-corrected chi connectivity index (χ1v) is 7.68. The second kappa shape index (κ2) is 6.69. The van der Waals surface area contributed by atoms with Crippen molar-refractivity contribution in [3.8, 4) is 0 Å². The van der Waals surface area contributed by atoms with Gasteiger partial charge in [-0.25, -0.2) is 4.39 Å². The number of carbonyl (C=O) groups excluding carboxylic acids is 1. The summed E-state index contributed by atoms with van der Waals surface area (Å²) in [5, 5.41) is 0. The fourth-order valence-electron chi connectivity index (χ4n) is 3.04. The highest BCUT2D eigenvalue weighted by molar-refractivity contribution is 5.79. The molecule has 0 spiro atoms. The highest BCUT2D eigenvalue weighted by Crippen LogP contribution is 2.31. The van der Waals surface area contributed by atoms with Gasteiger partial charge in [0.05, 0.1) is 12.5 Å². The Kier molecular flexibility index (Phi) is 4.47. The molecule has 3 nitrogen and oxygen atoms in total. The smallest absolute Gasteiger partial charge is 0.227 e. The lowest BCUT2D eigenvalue weighted by Crippen LogP contribution is -2.39. The fraction of sp³-hybridized carbons (Fsp3) is 0.333. The number of benzene rings is 1. The molecule has 22 heavy (non-hydrogen) atoms. The first kappa shape index (κ1) is 14.7. The standard InChI is InChI=1S/C18H19FN2O/c19-16-8-6-15(7-9-16)17-5-1-2-11-21(17)18(22)12-14-4-3-10-20-13-14/h3-4,6-10,13,17H,1-2,5,11-12H2/t17-/m0/s1. The Morgan fingerprint density at radius 1 is 1.23 bits per heavy atom. The van der Waals surface area contributed by atoms with Crippen molar-refractivity contribution < 1.29 is 9.18 Å². The van der Waals surface area contributed by atoms with Gasteiger partial charge in [0.1, 0.15) is 5.82 Å². The minimum atomic E-state index is -0.243. The van der Waals surface area contributed by atoms with Gasteiger partial charge >= 0.3 is 0 Å². The van der Waals surface area contributed by atoms with E-state index >= 15 is 0 Å².